The third kappa shape index (κ3) is 6.72. The van der Waals surface area contributed by atoms with Crippen LogP contribution in [-0.4, -0.2) is 30.8 Å². The van der Waals surface area contributed by atoms with Crippen molar-refractivity contribution in [3.8, 4) is 5.88 Å². The highest BCUT2D eigenvalue weighted by Crippen LogP contribution is 2.28. The van der Waals surface area contributed by atoms with E-state index in [2.05, 4.69) is 15.6 Å². The molecule has 0 radical (unpaired) electrons. The van der Waals surface area contributed by atoms with E-state index in [1.165, 1.54) is 12.8 Å². The van der Waals surface area contributed by atoms with Crippen LogP contribution in [0.4, 0.5) is 4.79 Å². The molecule has 1 aromatic carbocycles. The Hall–Kier alpha value is -2.60. The predicted octanol–water partition coefficient (Wildman–Crippen LogP) is 2.89. The average molecular weight is 355 g/mol. The van der Waals surface area contributed by atoms with E-state index in [-0.39, 0.29) is 6.03 Å². The van der Waals surface area contributed by atoms with Crippen molar-refractivity contribution < 1.29 is 14.3 Å². The molecule has 138 valence electrons. The third-order valence-electron chi connectivity index (χ3n) is 4.06. The van der Waals surface area contributed by atoms with Gasteiger partial charge < -0.3 is 20.1 Å². The molecule has 1 saturated carbocycles. The minimum atomic E-state index is -0.205. The van der Waals surface area contributed by atoms with Gasteiger partial charge in [-0.25, -0.2) is 9.78 Å². The van der Waals surface area contributed by atoms with E-state index in [1.54, 1.807) is 6.20 Å². The van der Waals surface area contributed by atoms with Gasteiger partial charge in [0.1, 0.15) is 6.61 Å². The molecule has 2 aromatic rings. The highest BCUT2D eigenvalue weighted by molar-refractivity contribution is 5.73. The van der Waals surface area contributed by atoms with Crippen LogP contribution in [0, 0.1) is 5.92 Å². The summed E-state index contributed by atoms with van der Waals surface area (Å²) in [5.74, 6) is 1.29. The lowest BCUT2D eigenvalue weighted by atomic mass is 10.2. The minimum absolute atomic E-state index is 0.205. The fourth-order valence-corrected chi connectivity index (χ4v) is 2.39. The summed E-state index contributed by atoms with van der Waals surface area (Å²) in [6.45, 7) is 2.76. The summed E-state index contributed by atoms with van der Waals surface area (Å²) in [6.07, 6.45) is 4.23. The Morgan fingerprint density at radius 2 is 1.96 bits per heavy atom. The first-order valence-electron chi connectivity index (χ1n) is 9.01. The zero-order valence-electron chi connectivity index (χ0n) is 14.8. The SMILES string of the molecule is O=C(NCCOCC1CC1)NCc1ccnc(OCc2ccccc2)c1. The fourth-order valence-electron chi connectivity index (χ4n) is 2.39. The lowest BCUT2D eigenvalue weighted by Crippen LogP contribution is -2.37. The number of hydrogen-bond acceptors (Lipinski definition) is 4. The van der Waals surface area contributed by atoms with Gasteiger partial charge in [-0.1, -0.05) is 30.3 Å². The summed E-state index contributed by atoms with van der Waals surface area (Å²) >= 11 is 0. The van der Waals surface area contributed by atoms with Crippen molar-refractivity contribution in [1.29, 1.82) is 0 Å². The van der Waals surface area contributed by atoms with E-state index >= 15 is 0 Å². The maximum Gasteiger partial charge on any atom is 0.315 e. The zero-order valence-corrected chi connectivity index (χ0v) is 14.8. The van der Waals surface area contributed by atoms with Crippen molar-refractivity contribution in [1.82, 2.24) is 15.6 Å². The number of pyridine rings is 1. The molecule has 1 aliphatic rings. The Morgan fingerprint density at radius 3 is 2.77 bits per heavy atom. The smallest absolute Gasteiger partial charge is 0.315 e. The van der Waals surface area contributed by atoms with E-state index < -0.39 is 0 Å². The number of amides is 2. The number of benzene rings is 1. The van der Waals surface area contributed by atoms with Crippen LogP contribution in [-0.2, 0) is 17.9 Å². The van der Waals surface area contributed by atoms with E-state index in [1.807, 2.05) is 42.5 Å². The molecule has 2 N–H and O–H groups in total. The van der Waals surface area contributed by atoms with E-state index in [4.69, 9.17) is 9.47 Å². The first kappa shape index (κ1) is 18.2. The Morgan fingerprint density at radius 1 is 1.12 bits per heavy atom. The molecule has 0 unspecified atom stereocenters. The standard InChI is InChI=1S/C20H25N3O3/c24-20(22-10-11-25-14-17-6-7-17)23-13-18-8-9-21-19(12-18)26-15-16-4-2-1-3-5-16/h1-5,8-9,12,17H,6-7,10-11,13-15H2,(H2,22,23,24). The second-order valence-corrected chi connectivity index (χ2v) is 6.40. The largest absolute Gasteiger partial charge is 0.473 e. The second kappa shape index (κ2) is 9.77. The molecule has 0 bridgehead atoms. The lowest BCUT2D eigenvalue weighted by molar-refractivity contribution is 0.127. The van der Waals surface area contributed by atoms with Gasteiger partial charge in [-0.3, -0.25) is 0 Å². The van der Waals surface area contributed by atoms with E-state index in [0.717, 1.165) is 23.7 Å². The molecule has 0 spiro atoms. The Kier molecular flexibility index (Phi) is 6.84. The molecule has 1 heterocycles. The molecule has 26 heavy (non-hydrogen) atoms. The van der Waals surface area contributed by atoms with Gasteiger partial charge in [0.15, 0.2) is 0 Å². The van der Waals surface area contributed by atoms with Crippen LogP contribution in [0.3, 0.4) is 0 Å². The van der Waals surface area contributed by atoms with Gasteiger partial charge in [0, 0.05) is 32.0 Å². The molecular formula is C20H25N3O3. The molecular weight excluding hydrogens is 330 g/mol. The number of urea groups is 1. The van der Waals surface area contributed by atoms with Crippen molar-refractivity contribution in [3.63, 3.8) is 0 Å². The highest BCUT2D eigenvalue weighted by atomic mass is 16.5. The van der Waals surface area contributed by atoms with Gasteiger partial charge in [-0.2, -0.15) is 0 Å². The molecule has 1 aromatic heterocycles. The summed E-state index contributed by atoms with van der Waals surface area (Å²) in [5, 5.41) is 5.61. The number of carbonyl (C=O) groups excluding carboxylic acids is 1. The first-order valence-corrected chi connectivity index (χ1v) is 9.01. The number of aromatic nitrogens is 1. The molecule has 0 saturated heterocycles. The molecule has 3 rings (SSSR count). The third-order valence-corrected chi connectivity index (χ3v) is 4.06. The molecule has 2 amide bonds. The molecule has 6 nitrogen and oxygen atoms in total. The second-order valence-electron chi connectivity index (χ2n) is 6.40. The summed E-state index contributed by atoms with van der Waals surface area (Å²) in [5.41, 5.74) is 2.02. The maximum absolute atomic E-state index is 11.8. The zero-order chi connectivity index (χ0) is 18.0. The number of carbonyl (C=O) groups is 1. The van der Waals surface area contributed by atoms with Crippen molar-refractivity contribution >= 4 is 6.03 Å². The predicted molar refractivity (Wildman–Crippen MR) is 98.8 cm³/mol. The topological polar surface area (TPSA) is 72.5 Å². The highest BCUT2D eigenvalue weighted by Gasteiger charge is 2.20. The average Bonchev–Trinajstić information content (AvgIpc) is 3.50. The molecule has 6 heteroatoms. The summed E-state index contributed by atoms with van der Waals surface area (Å²) in [4.78, 5) is 16.0. The van der Waals surface area contributed by atoms with Crippen molar-refractivity contribution in [2.45, 2.75) is 26.0 Å². The Bertz CT molecular complexity index is 690. The summed E-state index contributed by atoms with van der Waals surface area (Å²) in [6, 6.07) is 13.4. The van der Waals surface area contributed by atoms with Crippen molar-refractivity contribution in [3.05, 3.63) is 59.8 Å². The van der Waals surface area contributed by atoms with Crippen LogP contribution >= 0.6 is 0 Å². The number of nitrogens with zero attached hydrogens (tertiary/aromatic N) is 1. The van der Waals surface area contributed by atoms with Gasteiger partial charge in [0.2, 0.25) is 5.88 Å². The van der Waals surface area contributed by atoms with Crippen molar-refractivity contribution in [2.24, 2.45) is 5.92 Å². The van der Waals surface area contributed by atoms with Crippen LogP contribution in [0.25, 0.3) is 0 Å². The van der Waals surface area contributed by atoms with E-state index in [9.17, 15) is 4.79 Å². The quantitative estimate of drug-likeness (QED) is 0.643. The van der Waals surface area contributed by atoms with Gasteiger partial charge >= 0.3 is 6.03 Å². The molecule has 0 aliphatic heterocycles. The summed E-state index contributed by atoms with van der Waals surface area (Å²) in [7, 11) is 0. The molecule has 1 fully saturated rings. The number of nitrogens with one attached hydrogen (secondary N) is 2. The minimum Gasteiger partial charge on any atom is -0.473 e. The Balaban J connectivity index is 1.34. The fraction of sp³-hybridized carbons (Fsp3) is 0.400. The first-order chi connectivity index (χ1) is 12.8. The Labute approximate surface area is 153 Å². The maximum atomic E-state index is 11.8. The van der Waals surface area contributed by atoms with E-state index in [0.29, 0.717) is 32.2 Å². The van der Waals surface area contributed by atoms with Crippen LogP contribution < -0.4 is 15.4 Å². The normalized spacial score (nSPS) is 13.2. The summed E-state index contributed by atoms with van der Waals surface area (Å²) < 4.78 is 11.2. The van der Waals surface area contributed by atoms with Gasteiger partial charge in [0.05, 0.1) is 6.61 Å². The van der Waals surface area contributed by atoms with Crippen LogP contribution in [0.2, 0.25) is 0 Å². The van der Waals surface area contributed by atoms with Gasteiger partial charge in [-0.15, -0.1) is 0 Å². The molecule has 1 aliphatic carbocycles. The van der Waals surface area contributed by atoms with Gasteiger partial charge in [-0.05, 0) is 36.0 Å². The van der Waals surface area contributed by atoms with Crippen LogP contribution in [0.5, 0.6) is 5.88 Å². The monoisotopic (exact) mass is 355 g/mol. The van der Waals surface area contributed by atoms with Crippen molar-refractivity contribution in [2.75, 3.05) is 19.8 Å². The molecule has 0 atom stereocenters. The lowest BCUT2D eigenvalue weighted by Gasteiger charge is -2.09. The van der Waals surface area contributed by atoms with Crippen LogP contribution in [0.15, 0.2) is 48.7 Å². The van der Waals surface area contributed by atoms with Crippen LogP contribution in [0.1, 0.15) is 24.0 Å². The number of ether oxygens (including phenoxy) is 2. The number of hydrogen-bond donors (Lipinski definition) is 2. The number of rotatable bonds is 10. The van der Waals surface area contributed by atoms with Gasteiger partial charge in [0.25, 0.3) is 0 Å².